The third kappa shape index (κ3) is 5.03. The average Bonchev–Trinajstić information content (AvgIpc) is 2.61. The number of nitrogens with zero attached hydrogens (tertiary/aromatic N) is 1. The Kier molecular flexibility index (Phi) is 6.29. The summed E-state index contributed by atoms with van der Waals surface area (Å²) in [5.74, 6) is -0.535. The van der Waals surface area contributed by atoms with Gasteiger partial charge in [0.05, 0.1) is 30.1 Å². The van der Waals surface area contributed by atoms with E-state index < -0.39 is 17.7 Å². The van der Waals surface area contributed by atoms with Crippen LogP contribution in [0.5, 0.6) is 0 Å². The zero-order valence-electron chi connectivity index (χ0n) is 13.5. The van der Waals surface area contributed by atoms with Gasteiger partial charge in [0, 0.05) is 5.56 Å². The topological polar surface area (TPSA) is 62.7 Å². The third-order valence-corrected chi connectivity index (χ3v) is 3.41. The predicted octanol–water partition coefficient (Wildman–Crippen LogP) is 3.81. The highest BCUT2D eigenvalue weighted by atomic mass is 32.1. The molecule has 0 spiro atoms. The van der Waals surface area contributed by atoms with Gasteiger partial charge in [-0.15, -0.1) is 0 Å². The summed E-state index contributed by atoms with van der Waals surface area (Å²) < 4.78 is 43.5. The number of rotatable bonds is 4. The molecule has 26 heavy (non-hydrogen) atoms. The number of anilines is 1. The smallest absolute Gasteiger partial charge is 0.418 e. The maximum atomic E-state index is 12.9. The van der Waals surface area contributed by atoms with Crippen molar-refractivity contribution in [2.24, 2.45) is 5.10 Å². The highest BCUT2D eigenvalue weighted by Gasteiger charge is 2.33. The Balaban J connectivity index is 2.07. The van der Waals surface area contributed by atoms with Crippen LogP contribution in [0, 0.1) is 0 Å². The highest BCUT2D eigenvalue weighted by molar-refractivity contribution is 7.80. The van der Waals surface area contributed by atoms with Gasteiger partial charge in [0.15, 0.2) is 5.11 Å². The fraction of sp³-hybridized carbons (Fsp3) is 0.118. The molecule has 0 amide bonds. The molecular weight excluding hydrogens is 367 g/mol. The van der Waals surface area contributed by atoms with Crippen LogP contribution in [0.1, 0.15) is 21.5 Å². The number of nitrogens with one attached hydrogen (secondary N) is 2. The number of esters is 1. The fourth-order valence-corrected chi connectivity index (χ4v) is 2.22. The van der Waals surface area contributed by atoms with Crippen molar-refractivity contribution < 1.29 is 22.7 Å². The van der Waals surface area contributed by atoms with Crippen molar-refractivity contribution in [2.45, 2.75) is 6.18 Å². The van der Waals surface area contributed by atoms with E-state index in [-0.39, 0.29) is 10.8 Å². The number of hydrogen-bond acceptors (Lipinski definition) is 4. The summed E-state index contributed by atoms with van der Waals surface area (Å²) >= 11 is 4.95. The highest BCUT2D eigenvalue weighted by Crippen LogP contribution is 2.34. The molecule has 2 N–H and O–H groups in total. The maximum absolute atomic E-state index is 12.9. The van der Waals surface area contributed by atoms with Crippen LogP contribution in [0.15, 0.2) is 53.6 Å². The number of hydrazone groups is 1. The van der Waals surface area contributed by atoms with Crippen LogP contribution in [0.25, 0.3) is 0 Å². The minimum Gasteiger partial charge on any atom is -0.465 e. The van der Waals surface area contributed by atoms with Gasteiger partial charge >= 0.3 is 12.1 Å². The Morgan fingerprint density at radius 3 is 2.50 bits per heavy atom. The Morgan fingerprint density at radius 1 is 1.15 bits per heavy atom. The van der Waals surface area contributed by atoms with Gasteiger partial charge in [0.2, 0.25) is 0 Å². The number of ether oxygens (including phenoxy) is 1. The Labute approximate surface area is 152 Å². The number of thiocarbonyl (C=S) groups is 1. The van der Waals surface area contributed by atoms with Crippen molar-refractivity contribution in [3.05, 3.63) is 65.2 Å². The van der Waals surface area contributed by atoms with Gasteiger partial charge < -0.3 is 10.1 Å². The van der Waals surface area contributed by atoms with Gasteiger partial charge in [0.25, 0.3) is 0 Å². The van der Waals surface area contributed by atoms with Crippen LogP contribution >= 0.6 is 12.2 Å². The van der Waals surface area contributed by atoms with E-state index in [9.17, 15) is 18.0 Å². The van der Waals surface area contributed by atoms with Gasteiger partial charge in [0.1, 0.15) is 0 Å². The maximum Gasteiger partial charge on any atom is 0.418 e. The Morgan fingerprint density at radius 2 is 1.81 bits per heavy atom. The molecule has 0 atom stereocenters. The standard InChI is InChI=1S/C17H14F3N3O2S/c1-25-15(24)12-7-3-2-6-11(12)10-21-23-16(26)22-14-9-5-4-8-13(14)17(18,19)20/h2-10H,1H3,(H2,22,23,26)/b21-10-. The van der Waals surface area contributed by atoms with E-state index in [1.165, 1.54) is 31.5 Å². The van der Waals surface area contributed by atoms with E-state index in [0.717, 1.165) is 6.07 Å². The minimum atomic E-state index is -4.51. The fourth-order valence-electron chi connectivity index (χ4n) is 2.06. The normalized spacial score (nSPS) is 11.2. The van der Waals surface area contributed by atoms with Gasteiger partial charge in [-0.25, -0.2) is 4.79 Å². The number of halogens is 3. The number of hydrogen-bond donors (Lipinski definition) is 2. The zero-order chi connectivity index (χ0) is 19.2. The van der Waals surface area contributed by atoms with Crippen molar-refractivity contribution in [3.63, 3.8) is 0 Å². The summed E-state index contributed by atoms with van der Waals surface area (Å²) in [5, 5.41) is 6.15. The largest absolute Gasteiger partial charge is 0.465 e. The summed E-state index contributed by atoms with van der Waals surface area (Å²) in [6.07, 6.45) is -3.20. The van der Waals surface area contributed by atoms with Gasteiger partial charge in [-0.3, -0.25) is 5.43 Å². The molecule has 0 unspecified atom stereocenters. The van der Waals surface area contributed by atoms with E-state index in [4.69, 9.17) is 12.2 Å². The molecular formula is C17H14F3N3O2S. The minimum absolute atomic E-state index is 0.131. The van der Waals surface area contributed by atoms with Crippen molar-refractivity contribution in [1.29, 1.82) is 0 Å². The molecule has 0 fully saturated rings. The first kappa shape index (κ1) is 19.4. The molecule has 0 aliphatic carbocycles. The SMILES string of the molecule is COC(=O)c1ccccc1/C=N\NC(=S)Nc1ccccc1C(F)(F)F. The molecule has 2 aromatic carbocycles. The second-order valence-electron chi connectivity index (χ2n) is 4.95. The summed E-state index contributed by atoms with van der Waals surface area (Å²) in [6, 6.07) is 11.5. The van der Waals surface area contributed by atoms with Crippen molar-refractivity contribution in [3.8, 4) is 0 Å². The van der Waals surface area contributed by atoms with Crippen LogP contribution in [0.3, 0.4) is 0 Å². The molecule has 0 saturated heterocycles. The van der Waals surface area contributed by atoms with Crippen LogP contribution in [0.4, 0.5) is 18.9 Å². The zero-order valence-corrected chi connectivity index (χ0v) is 14.3. The number of carbonyl (C=O) groups is 1. The quantitative estimate of drug-likeness (QED) is 0.365. The third-order valence-electron chi connectivity index (χ3n) is 3.22. The summed E-state index contributed by atoms with van der Waals surface area (Å²) in [4.78, 5) is 11.7. The Bertz CT molecular complexity index is 838. The predicted molar refractivity (Wildman–Crippen MR) is 96.2 cm³/mol. The van der Waals surface area contributed by atoms with E-state index in [2.05, 4.69) is 20.6 Å². The van der Waals surface area contributed by atoms with Crippen LogP contribution in [0.2, 0.25) is 0 Å². The molecule has 9 heteroatoms. The van der Waals surface area contributed by atoms with Crippen molar-refractivity contribution >= 4 is 35.2 Å². The average molecular weight is 381 g/mol. The molecule has 5 nitrogen and oxygen atoms in total. The number of alkyl halides is 3. The first-order valence-electron chi connectivity index (χ1n) is 7.26. The van der Waals surface area contributed by atoms with E-state index >= 15 is 0 Å². The molecule has 0 bridgehead atoms. The van der Waals surface area contributed by atoms with Crippen molar-refractivity contribution in [2.75, 3.05) is 12.4 Å². The van der Waals surface area contributed by atoms with Gasteiger partial charge in [-0.1, -0.05) is 30.3 Å². The molecule has 0 saturated carbocycles. The molecule has 0 aliphatic heterocycles. The summed E-state index contributed by atoms with van der Waals surface area (Å²) in [7, 11) is 1.26. The first-order valence-corrected chi connectivity index (χ1v) is 7.67. The number of carbonyl (C=O) groups excluding carboxylic acids is 1. The summed E-state index contributed by atoms with van der Waals surface area (Å²) in [5.41, 5.74) is 2.13. The lowest BCUT2D eigenvalue weighted by atomic mass is 10.1. The van der Waals surface area contributed by atoms with Gasteiger partial charge in [-0.2, -0.15) is 18.3 Å². The monoisotopic (exact) mass is 381 g/mol. The van der Waals surface area contributed by atoms with Crippen LogP contribution in [-0.2, 0) is 10.9 Å². The van der Waals surface area contributed by atoms with Crippen molar-refractivity contribution in [1.82, 2.24) is 5.43 Å². The molecule has 0 radical (unpaired) electrons. The Hall–Kier alpha value is -2.94. The number of benzene rings is 2. The van der Waals surface area contributed by atoms with E-state index in [0.29, 0.717) is 11.1 Å². The van der Waals surface area contributed by atoms with Crippen LogP contribution < -0.4 is 10.7 Å². The molecule has 136 valence electrons. The second-order valence-corrected chi connectivity index (χ2v) is 5.35. The lowest BCUT2D eigenvalue weighted by Crippen LogP contribution is -2.25. The van der Waals surface area contributed by atoms with E-state index in [1.807, 2.05) is 0 Å². The number of para-hydroxylation sites is 1. The lowest BCUT2D eigenvalue weighted by molar-refractivity contribution is -0.136. The van der Waals surface area contributed by atoms with Crippen LogP contribution in [-0.4, -0.2) is 24.4 Å². The lowest BCUT2D eigenvalue weighted by Gasteiger charge is -2.14. The molecule has 0 aromatic heterocycles. The molecule has 2 rings (SSSR count). The second kappa shape index (κ2) is 8.43. The van der Waals surface area contributed by atoms with E-state index in [1.54, 1.807) is 24.3 Å². The summed E-state index contributed by atoms with van der Waals surface area (Å²) in [6.45, 7) is 0. The molecule has 0 aliphatic rings. The first-order chi connectivity index (χ1) is 12.3. The molecule has 2 aromatic rings. The number of methoxy groups -OCH3 is 1. The molecule has 0 heterocycles. The van der Waals surface area contributed by atoms with Gasteiger partial charge in [-0.05, 0) is 30.4 Å².